The molecule has 0 unspecified atom stereocenters. The predicted molar refractivity (Wildman–Crippen MR) is 112 cm³/mol. The van der Waals surface area contributed by atoms with Crippen molar-refractivity contribution in [2.24, 2.45) is 5.92 Å². The Morgan fingerprint density at radius 3 is 2.33 bits per heavy atom. The van der Waals surface area contributed by atoms with Gasteiger partial charge in [0.15, 0.2) is 0 Å². The molecule has 0 saturated carbocycles. The van der Waals surface area contributed by atoms with Gasteiger partial charge in [-0.1, -0.05) is 6.92 Å². The maximum absolute atomic E-state index is 12.6. The summed E-state index contributed by atoms with van der Waals surface area (Å²) in [5.41, 5.74) is 2.87. The topological polar surface area (TPSA) is 48.5 Å². The van der Waals surface area contributed by atoms with E-state index in [9.17, 15) is 4.79 Å². The molecule has 0 aliphatic carbocycles. The van der Waals surface area contributed by atoms with Crippen LogP contribution >= 0.6 is 0 Å². The molecule has 1 amide bonds. The number of rotatable bonds is 6. The van der Waals surface area contributed by atoms with Crippen LogP contribution in [0.5, 0.6) is 0 Å². The Morgan fingerprint density at radius 1 is 1.11 bits per heavy atom. The first-order valence-electron chi connectivity index (χ1n) is 9.98. The van der Waals surface area contributed by atoms with Gasteiger partial charge in [-0.25, -0.2) is 4.98 Å². The minimum atomic E-state index is 0.0875. The molecule has 0 radical (unpaired) electrons. The fraction of sp³-hybridized carbons (Fsp3) is 0.455. The van der Waals surface area contributed by atoms with Crippen LogP contribution in [0.1, 0.15) is 44.0 Å². The van der Waals surface area contributed by atoms with Gasteiger partial charge in [-0.2, -0.15) is 0 Å². The number of aromatic nitrogens is 1. The molecule has 0 spiro atoms. The van der Waals surface area contributed by atoms with Gasteiger partial charge in [0.05, 0.1) is 5.56 Å². The molecule has 2 aromatic rings. The number of benzene rings is 1. The van der Waals surface area contributed by atoms with E-state index < -0.39 is 0 Å². The molecule has 1 N–H and O–H groups in total. The van der Waals surface area contributed by atoms with Gasteiger partial charge in [0.25, 0.3) is 5.91 Å². The number of piperidine rings is 1. The predicted octanol–water partition coefficient (Wildman–Crippen LogP) is 4.54. The van der Waals surface area contributed by atoms with E-state index in [-0.39, 0.29) is 5.91 Å². The summed E-state index contributed by atoms with van der Waals surface area (Å²) in [6, 6.07) is 12.1. The number of carbonyl (C=O) groups is 1. The summed E-state index contributed by atoms with van der Waals surface area (Å²) in [6.07, 6.45) is 3.84. The lowest BCUT2D eigenvalue weighted by Gasteiger charge is -2.30. The number of likely N-dealkylation sites (tertiary alicyclic amines) is 1. The van der Waals surface area contributed by atoms with E-state index in [1.807, 2.05) is 17.0 Å². The first-order chi connectivity index (χ1) is 13.1. The Hall–Kier alpha value is -2.56. The van der Waals surface area contributed by atoms with Gasteiger partial charge in [-0.3, -0.25) is 4.79 Å². The van der Waals surface area contributed by atoms with Crippen LogP contribution < -0.4 is 10.2 Å². The number of carbonyl (C=O) groups excluding carboxylic acids is 1. The van der Waals surface area contributed by atoms with Gasteiger partial charge in [0, 0.05) is 43.8 Å². The standard InChI is InChI=1S/C22H30N4O/c1-4-25(5-2)20-9-7-19(8-10-20)24-21-11-6-18(16-23-21)22(27)26-14-12-17(3)13-15-26/h6-11,16-17H,4-5,12-15H2,1-3H3,(H,23,24). The van der Waals surface area contributed by atoms with Crippen LogP contribution in [0.2, 0.25) is 0 Å². The number of hydrogen-bond acceptors (Lipinski definition) is 4. The SMILES string of the molecule is CCN(CC)c1ccc(Nc2ccc(C(=O)N3CCC(C)CC3)cn2)cc1. The zero-order chi connectivity index (χ0) is 19.2. The highest BCUT2D eigenvalue weighted by Gasteiger charge is 2.21. The lowest BCUT2D eigenvalue weighted by atomic mass is 9.99. The maximum atomic E-state index is 12.6. The molecule has 0 bridgehead atoms. The summed E-state index contributed by atoms with van der Waals surface area (Å²) in [6.45, 7) is 10.3. The fourth-order valence-corrected chi connectivity index (χ4v) is 3.48. The average Bonchev–Trinajstić information content (AvgIpc) is 2.71. The minimum absolute atomic E-state index is 0.0875. The molecule has 27 heavy (non-hydrogen) atoms. The molecule has 5 nitrogen and oxygen atoms in total. The van der Waals surface area contributed by atoms with Gasteiger partial charge in [-0.05, 0) is 69.0 Å². The molecule has 1 saturated heterocycles. The summed E-state index contributed by atoms with van der Waals surface area (Å²) in [5.74, 6) is 1.55. The summed E-state index contributed by atoms with van der Waals surface area (Å²) in [5, 5.41) is 3.30. The van der Waals surface area contributed by atoms with Crippen LogP contribution in [0.15, 0.2) is 42.6 Å². The molecule has 3 rings (SSSR count). The summed E-state index contributed by atoms with van der Waals surface area (Å²) >= 11 is 0. The van der Waals surface area contributed by atoms with Crippen molar-refractivity contribution in [2.45, 2.75) is 33.6 Å². The number of pyridine rings is 1. The molecule has 144 valence electrons. The fourth-order valence-electron chi connectivity index (χ4n) is 3.48. The Kier molecular flexibility index (Phi) is 6.32. The Balaban J connectivity index is 1.61. The molecular weight excluding hydrogens is 336 g/mol. The van der Waals surface area contributed by atoms with E-state index in [4.69, 9.17) is 0 Å². The van der Waals surface area contributed by atoms with E-state index in [0.717, 1.165) is 50.5 Å². The van der Waals surface area contributed by atoms with Gasteiger partial charge < -0.3 is 15.1 Å². The molecule has 0 atom stereocenters. The maximum Gasteiger partial charge on any atom is 0.255 e. The van der Waals surface area contributed by atoms with Gasteiger partial charge >= 0.3 is 0 Å². The van der Waals surface area contributed by atoms with Crippen molar-refractivity contribution < 1.29 is 4.79 Å². The Morgan fingerprint density at radius 2 is 1.78 bits per heavy atom. The third-order valence-corrected chi connectivity index (χ3v) is 5.35. The van der Waals surface area contributed by atoms with Gasteiger partial charge in [0.2, 0.25) is 0 Å². The smallest absolute Gasteiger partial charge is 0.255 e. The van der Waals surface area contributed by atoms with Crippen molar-refractivity contribution in [1.82, 2.24) is 9.88 Å². The second-order valence-corrected chi connectivity index (χ2v) is 7.25. The molecule has 2 heterocycles. The van der Waals surface area contributed by atoms with E-state index in [2.05, 4.69) is 60.2 Å². The van der Waals surface area contributed by atoms with E-state index in [0.29, 0.717) is 11.5 Å². The van der Waals surface area contributed by atoms with Crippen molar-refractivity contribution in [3.8, 4) is 0 Å². The zero-order valence-corrected chi connectivity index (χ0v) is 16.6. The van der Waals surface area contributed by atoms with Crippen LogP contribution in [0.25, 0.3) is 0 Å². The molecule has 1 aromatic carbocycles. The molecule has 1 aromatic heterocycles. The van der Waals surface area contributed by atoms with Gasteiger partial charge in [0.1, 0.15) is 5.82 Å². The quantitative estimate of drug-likeness (QED) is 0.815. The summed E-state index contributed by atoms with van der Waals surface area (Å²) in [4.78, 5) is 21.3. The molecule has 5 heteroatoms. The third-order valence-electron chi connectivity index (χ3n) is 5.35. The van der Waals surface area contributed by atoms with Crippen molar-refractivity contribution >= 4 is 23.1 Å². The molecular formula is C22H30N4O. The highest BCUT2D eigenvalue weighted by Crippen LogP contribution is 2.21. The van der Waals surface area contributed by atoms with Crippen molar-refractivity contribution in [2.75, 3.05) is 36.4 Å². The number of amides is 1. The van der Waals surface area contributed by atoms with Crippen LogP contribution in [0, 0.1) is 5.92 Å². The van der Waals surface area contributed by atoms with E-state index in [1.165, 1.54) is 5.69 Å². The first kappa shape index (κ1) is 19.2. The summed E-state index contributed by atoms with van der Waals surface area (Å²) < 4.78 is 0. The van der Waals surface area contributed by atoms with Crippen LogP contribution in [-0.2, 0) is 0 Å². The molecule has 1 aliphatic rings. The first-order valence-corrected chi connectivity index (χ1v) is 9.98. The van der Waals surface area contributed by atoms with Crippen molar-refractivity contribution in [3.05, 3.63) is 48.2 Å². The number of anilines is 3. The number of nitrogens with one attached hydrogen (secondary N) is 1. The number of nitrogens with zero attached hydrogens (tertiary/aromatic N) is 3. The average molecular weight is 367 g/mol. The van der Waals surface area contributed by atoms with Crippen molar-refractivity contribution in [1.29, 1.82) is 0 Å². The molecule has 1 fully saturated rings. The second kappa shape index (κ2) is 8.89. The van der Waals surface area contributed by atoms with Gasteiger partial charge in [-0.15, -0.1) is 0 Å². The van der Waals surface area contributed by atoms with Crippen LogP contribution in [-0.4, -0.2) is 42.0 Å². The number of hydrogen-bond donors (Lipinski definition) is 1. The monoisotopic (exact) mass is 366 g/mol. The van der Waals surface area contributed by atoms with Crippen LogP contribution in [0.3, 0.4) is 0 Å². The summed E-state index contributed by atoms with van der Waals surface area (Å²) in [7, 11) is 0. The lowest BCUT2D eigenvalue weighted by Crippen LogP contribution is -2.37. The highest BCUT2D eigenvalue weighted by molar-refractivity contribution is 5.94. The van der Waals surface area contributed by atoms with E-state index in [1.54, 1.807) is 6.20 Å². The highest BCUT2D eigenvalue weighted by atomic mass is 16.2. The van der Waals surface area contributed by atoms with Crippen LogP contribution in [0.4, 0.5) is 17.2 Å². The van der Waals surface area contributed by atoms with E-state index >= 15 is 0 Å². The zero-order valence-electron chi connectivity index (χ0n) is 16.6. The Bertz CT molecular complexity index is 730. The van der Waals surface area contributed by atoms with Crippen molar-refractivity contribution in [3.63, 3.8) is 0 Å². The largest absolute Gasteiger partial charge is 0.372 e. The molecule has 1 aliphatic heterocycles. The third kappa shape index (κ3) is 4.79. The Labute approximate surface area is 162 Å². The normalized spacial score (nSPS) is 14.9. The second-order valence-electron chi connectivity index (χ2n) is 7.25. The minimum Gasteiger partial charge on any atom is -0.372 e. The lowest BCUT2D eigenvalue weighted by molar-refractivity contribution is 0.0697.